The number of hydrogen-bond acceptors (Lipinski definition) is 1. The lowest BCUT2D eigenvalue weighted by Gasteiger charge is -2.06. The summed E-state index contributed by atoms with van der Waals surface area (Å²) < 4.78 is 0. The first-order chi connectivity index (χ1) is 5.72. The Morgan fingerprint density at radius 3 is 2.33 bits per heavy atom. The summed E-state index contributed by atoms with van der Waals surface area (Å²) >= 11 is 5.90. The van der Waals surface area contributed by atoms with Crippen molar-refractivity contribution in [1.82, 2.24) is 0 Å². The van der Waals surface area contributed by atoms with Crippen molar-refractivity contribution in [2.75, 3.05) is 0 Å². The molecule has 0 spiro atoms. The highest BCUT2D eigenvalue weighted by atomic mass is 35.5. The first kappa shape index (κ1) is 12.0. The number of alkyl halides is 1. The van der Waals surface area contributed by atoms with Gasteiger partial charge in [-0.3, -0.25) is 4.79 Å². The summed E-state index contributed by atoms with van der Waals surface area (Å²) in [4.78, 5) is 11.3. The lowest BCUT2D eigenvalue weighted by molar-refractivity contribution is -0.118. The molecule has 0 heterocycles. The topological polar surface area (TPSA) is 17.1 Å². The Morgan fingerprint density at radius 2 is 1.83 bits per heavy atom. The second kappa shape index (κ2) is 7.60. The Morgan fingerprint density at radius 1 is 1.25 bits per heavy atom. The molecule has 0 amide bonds. The third-order valence-electron chi connectivity index (χ3n) is 1.94. The Labute approximate surface area is 80.5 Å². The average molecular weight is 191 g/mol. The molecule has 12 heavy (non-hydrogen) atoms. The summed E-state index contributed by atoms with van der Waals surface area (Å²) in [6.07, 6.45) is 5.74. The van der Waals surface area contributed by atoms with Crippen molar-refractivity contribution in [2.24, 2.45) is 0 Å². The molecule has 0 saturated carbocycles. The summed E-state index contributed by atoms with van der Waals surface area (Å²) in [5.74, 6) is 0.229. The third-order valence-corrected chi connectivity index (χ3v) is 2.40. The van der Waals surface area contributed by atoms with E-state index < -0.39 is 0 Å². The van der Waals surface area contributed by atoms with Crippen molar-refractivity contribution in [3.63, 3.8) is 0 Å². The van der Waals surface area contributed by atoms with Crippen LogP contribution in [-0.4, -0.2) is 11.2 Å². The van der Waals surface area contributed by atoms with Gasteiger partial charge < -0.3 is 0 Å². The van der Waals surface area contributed by atoms with Gasteiger partial charge in [-0.25, -0.2) is 0 Å². The summed E-state index contributed by atoms with van der Waals surface area (Å²) in [5, 5.41) is -0.225. The van der Waals surface area contributed by atoms with Gasteiger partial charge in [-0.1, -0.05) is 33.1 Å². The van der Waals surface area contributed by atoms with Crippen molar-refractivity contribution in [3.8, 4) is 0 Å². The van der Waals surface area contributed by atoms with E-state index in [0.29, 0.717) is 6.42 Å². The molecule has 0 fully saturated rings. The Kier molecular flexibility index (Phi) is 7.58. The molecule has 0 aliphatic carbocycles. The van der Waals surface area contributed by atoms with E-state index in [1.807, 2.05) is 0 Å². The van der Waals surface area contributed by atoms with Crippen LogP contribution < -0.4 is 0 Å². The molecule has 72 valence electrons. The maximum atomic E-state index is 11.3. The summed E-state index contributed by atoms with van der Waals surface area (Å²) in [6, 6.07) is 0. The first-order valence-corrected chi connectivity index (χ1v) is 5.32. The zero-order chi connectivity index (χ0) is 9.40. The highest BCUT2D eigenvalue weighted by Crippen LogP contribution is 2.11. The van der Waals surface area contributed by atoms with E-state index >= 15 is 0 Å². The molecule has 0 N–H and O–H groups in total. The maximum Gasteiger partial charge on any atom is 0.150 e. The monoisotopic (exact) mass is 190 g/mol. The minimum absolute atomic E-state index is 0.225. The molecule has 0 rings (SSSR count). The van der Waals surface area contributed by atoms with E-state index in [2.05, 4.69) is 13.8 Å². The van der Waals surface area contributed by atoms with Crippen LogP contribution in [0.2, 0.25) is 0 Å². The predicted octanol–water partition coefficient (Wildman–Crippen LogP) is 3.54. The van der Waals surface area contributed by atoms with E-state index in [4.69, 9.17) is 11.6 Å². The van der Waals surface area contributed by atoms with E-state index in [-0.39, 0.29) is 11.2 Å². The van der Waals surface area contributed by atoms with E-state index in [1.54, 1.807) is 0 Å². The number of Topliss-reactive ketones (excluding diaryl/α,β-unsaturated/α-hetero) is 1. The van der Waals surface area contributed by atoms with Gasteiger partial charge in [-0.2, -0.15) is 0 Å². The van der Waals surface area contributed by atoms with Crippen LogP contribution in [-0.2, 0) is 4.79 Å². The lowest BCUT2D eigenvalue weighted by Crippen LogP contribution is -2.13. The second-order valence-corrected chi connectivity index (χ2v) is 3.71. The fourth-order valence-electron chi connectivity index (χ4n) is 1.05. The highest BCUT2D eigenvalue weighted by Gasteiger charge is 2.12. The van der Waals surface area contributed by atoms with Gasteiger partial charge in [0.2, 0.25) is 0 Å². The largest absolute Gasteiger partial charge is 0.298 e. The summed E-state index contributed by atoms with van der Waals surface area (Å²) in [7, 11) is 0. The molecular weight excluding hydrogens is 172 g/mol. The van der Waals surface area contributed by atoms with Gasteiger partial charge in [0.05, 0.1) is 5.38 Å². The number of halogens is 1. The van der Waals surface area contributed by atoms with Gasteiger partial charge >= 0.3 is 0 Å². The molecule has 1 nitrogen and oxygen atoms in total. The van der Waals surface area contributed by atoms with E-state index in [0.717, 1.165) is 32.1 Å². The molecule has 1 atom stereocenters. The number of hydrogen-bond donors (Lipinski definition) is 0. The summed E-state index contributed by atoms with van der Waals surface area (Å²) in [6.45, 7) is 4.20. The van der Waals surface area contributed by atoms with Crippen LogP contribution in [0.5, 0.6) is 0 Å². The Balaban J connectivity index is 3.47. The van der Waals surface area contributed by atoms with Crippen LogP contribution in [0.1, 0.15) is 52.4 Å². The lowest BCUT2D eigenvalue weighted by atomic mass is 10.1. The fraction of sp³-hybridized carbons (Fsp3) is 0.900. The Bertz CT molecular complexity index is 123. The first-order valence-electron chi connectivity index (χ1n) is 4.89. The number of unbranched alkanes of at least 4 members (excludes halogenated alkanes) is 2. The molecule has 1 unspecified atom stereocenters. The smallest absolute Gasteiger partial charge is 0.150 e. The molecule has 0 aromatic rings. The molecule has 0 saturated heterocycles. The molecule has 2 heteroatoms. The quantitative estimate of drug-likeness (QED) is 0.562. The van der Waals surface area contributed by atoms with Crippen LogP contribution in [0.3, 0.4) is 0 Å². The molecule has 0 aliphatic rings. The minimum Gasteiger partial charge on any atom is -0.298 e. The zero-order valence-corrected chi connectivity index (χ0v) is 8.86. The minimum atomic E-state index is -0.225. The molecule has 0 aromatic heterocycles. The summed E-state index contributed by atoms with van der Waals surface area (Å²) in [5.41, 5.74) is 0. The van der Waals surface area contributed by atoms with Crippen LogP contribution in [0.25, 0.3) is 0 Å². The average Bonchev–Trinajstić information content (AvgIpc) is 2.10. The van der Waals surface area contributed by atoms with Crippen LogP contribution in [0.15, 0.2) is 0 Å². The van der Waals surface area contributed by atoms with Gasteiger partial charge in [-0.05, 0) is 12.8 Å². The molecule has 0 bridgehead atoms. The number of rotatable bonds is 7. The van der Waals surface area contributed by atoms with Crippen molar-refractivity contribution < 1.29 is 4.79 Å². The van der Waals surface area contributed by atoms with E-state index in [9.17, 15) is 4.79 Å². The SMILES string of the molecule is CCCCC(=O)C(Cl)CCCC. The van der Waals surface area contributed by atoms with E-state index in [1.165, 1.54) is 0 Å². The van der Waals surface area contributed by atoms with Gasteiger partial charge in [0.15, 0.2) is 5.78 Å². The van der Waals surface area contributed by atoms with Crippen LogP contribution in [0, 0.1) is 0 Å². The van der Waals surface area contributed by atoms with Gasteiger partial charge in [0.25, 0.3) is 0 Å². The zero-order valence-electron chi connectivity index (χ0n) is 8.11. The highest BCUT2D eigenvalue weighted by molar-refractivity contribution is 6.31. The third kappa shape index (κ3) is 5.59. The Hall–Kier alpha value is -0.0400. The fourth-order valence-corrected chi connectivity index (χ4v) is 1.32. The van der Waals surface area contributed by atoms with Crippen molar-refractivity contribution >= 4 is 17.4 Å². The molecule has 0 aliphatic heterocycles. The number of ketones is 1. The van der Waals surface area contributed by atoms with Crippen molar-refractivity contribution in [3.05, 3.63) is 0 Å². The van der Waals surface area contributed by atoms with Gasteiger partial charge in [0, 0.05) is 6.42 Å². The second-order valence-electron chi connectivity index (χ2n) is 3.18. The number of carbonyl (C=O) groups is 1. The van der Waals surface area contributed by atoms with Gasteiger partial charge in [0.1, 0.15) is 0 Å². The van der Waals surface area contributed by atoms with Gasteiger partial charge in [-0.15, -0.1) is 11.6 Å². The maximum absolute atomic E-state index is 11.3. The van der Waals surface area contributed by atoms with Crippen molar-refractivity contribution in [2.45, 2.75) is 57.7 Å². The van der Waals surface area contributed by atoms with Crippen LogP contribution >= 0.6 is 11.6 Å². The standard InChI is InChI=1S/C10H19ClO/c1-3-5-7-9(11)10(12)8-6-4-2/h9H,3-8H2,1-2H3. The van der Waals surface area contributed by atoms with Crippen LogP contribution in [0.4, 0.5) is 0 Å². The molecular formula is C10H19ClO. The molecule has 0 radical (unpaired) electrons. The van der Waals surface area contributed by atoms with Crippen molar-refractivity contribution in [1.29, 1.82) is 0 Å². The number of carbonyl (C=O) groups excluding carboxylic acids is 1. The predicted molar refractivity (Wildman–Crippen MR) is 53.7 cm³/mol. The normalized spacial score (nSPS) is 12.9. The molecule has 0 aromatic carbocycles.